The van der Waals surface area contributed by atoms with Crippen LogP contribution in [-0.2, 0) is 11.3 Å². The van der Waals surface area contributed by atoms with Crippen molar-refractivity contribution in [3.8, 4) is 0 Å². The van der Waals surface area contributed by atoms with Gasteiger partial charge in [0.25, 0.3) is 0 Å². The van der Waals surface area contributed by atoms with E-state index in [0.717, 1.165) is 12.0 Å². The molecule has 0 saturated heterocycles. The van der Waals surface area contributed by atoms with Crippen molar-refractivity contribution in [2.75, 3.05) is 13.2 Å². The second-order valence-corrected chi connectivity index (χ2v) is 4.41. The zero-order valence-electron chi connectivity index (χ0n) is 10.4. The van der Waals surface area contributed by atoms with Gasteiger partial charge in [-0.15, -0.1) is 0 Å². The van der Waals surface area contributed by atoms with E-state index in [-0.39, 0.29) is 12.5 Å². The zero-order chi connectivity index (χ0) is 12.5. The van der Waals surface area contributed by atoms with Crippen molar-refractivity contribution in [3.63, 3.8) is 0 Å². The highest BCUT2D eigenvalue weighted by Gasteiger charge is 2.12. The normalized spacial score (nSPS) is 14.5. The summed E-state index contributed by atoms with van der Waals surface area (Å²) in [6.07, 6.45) is 1.06. The molecular formula is C14H22O3. The molecule has 1 aromatic carbocycles. The molecule has 3 nitrogen and oxygen atoms in total. The molecule has 2 N–H and O–H groups in total. The van der Waals surface area contributed by atoms with Gasteiger partial charge in [0.2, 0.25) is 0 Å². The molecule has 0 saturated carbocycles. The molecule has 0 unspecified atom stereocenters. The van der Waals surface area contributed by atoms with Gasteiger partial charge < -0.3 is 14.9 Å². The van der Waals surface area contributed by atoms with Gasteiger partial charge in [0.1, 0.15) is 0 Å². The van der Waals surface area contributed by atoms with E-state index in [2.05, 4.69) is 0 Å². The molecule has 0 bridgehead atoms. The van der Waals surface area contributed by atoms with Crippen molar-refractivity contribution >= 4 is 0 Å². The number of benzene rings is 1. The molecule has 17 heavy (non-hydrogen) atoms. The Labute approximate surface area is 103 Å². The summed E-state index contributed by atoms with van der Waals surface area (Å²) < 4.78 is 5.51. The molecule has 0 aliphatic rings. The lowest BCUT2D eigenvalue weighted by Gasteiger charge is -2.16. The van der Waals surface area contributed by atoms with Crippen LogP contribution in [0.2, 0.25) is 0 Å². The molecule has 0 spiro atoms. The zero-order valence-corrected chi connectivity index (χ0v) is 10.4. The van der Waals surface area contributed by atoms with Crippen molar-refractivity contribution in [3.05, 3.63) is 35.9 Å². The molecule has 2 atom stereocenters. The van der Waals surface area contributed by atoms with Crippen molar-refractivity contribution in [1.29, 1.82) is 0 Å². The number of aliphatic hydroxyl groups excluding tert-OH is 2. The van der Waals surface area contributed by atoms with Gasteiger partial charge in [-0.3, -0.25) is 0 Å². The summed E-state index contributed by atoms with van der Waals surface area (Å²) >= 11 is 0. The summed E-state index contributed by atoms with van der Waals surface area (Å²) in [5.41, 5.74) is 1.16. The van der Waals surface area contributed by atoms with Crippen LogP contribution in [0.15, 0.2) is 30.3 Å². The first-order chi connectivity index (χ1) is 8.24. The minimum Gasteiger partial charge on any atom is -0.396 e. The fraction of sp³-hybridized carbons (Fsp3) is 0.571. The van der Waals surface area contributed by atoms with Crippen LogP contribution >= 0.6 is 0 Å². The Morgan fingerprint density at radius 2 is 1.94 bits per heavy atom. The lowest BCUT2D eigenvalue weighted by molar-refractivity contribution is 0.0539. The Morgan fingerprint density at radius 1 is 1.24 bits per heavy atom. The van der Waals surface area contributed by atoms with Crippen LogP contribution in [0.25, 0.3) is 0 Å². The number of ether oxygens (including phenoxy) is 1. The summed E-state index contributed by atoms with van der Waals surface area (Å²) in [6, 6.07) is 10.0. The van der Waals surface area contributed by atoms with Crippen LogP contribution < -0.4 is 0 Å². The monoisotopic (exact) mass is 238 g/mol. The third-order valence-corrected chi connectivity index (χ3v) is 2.84. The topological polar surface area (TPSA) is 49.7 Å². The van der Waals surface area contributed by atoms with E-state index in [1.54, 1.807) is 0 Å². The highest BCUT2D eigenvalue weighted by Crippen LogP contribution is 2.09. The third-order valence-electron chi connectivity index (χ3n) is 2.84. The van der Waals surface area contributed by atoms with Gasteiger partial charge in [-0.05, 0) is 18.4 Å². The van der Waals surface area contributed by atoms with Crippen LogP contribution in [-0.4, -0.2) is 29.5 Å². The van der Waals surface area contributed by atoms with E-state index in [0.29, 0.717) is 19.6 Å². The largest absolute Gasteiger partial charge is 0.396 e. The summed E-state index contributed by atoms with van der Waals surface area (Å²) in [6.45, 7) is 3.14. The van der Waals surface area contributed by atoms with Crippen molar-refractivity contribution < 1.29 is 14.9 Å². The standard InChI is InChI=1S/C14H22O3/c1-12(10-15)14(16)8-5-9-17-11-13-6-3-2-4-7-13/h2-4,6-7,12,14-16H,5,8-11H2,1H3/t12-,14-/m1/s1. The minimum atomic E-state index is -0.430. The Kier molecular flexibility index (Phi) is 6.86. The van der Waals surface area contributed by atoms with Crippen molar-refractivity contribution in [1.82, 2.24) is 0 Å². The van der Waals surface area contributed by atoms with E-state index in [1.807, 2.05) is 37.3 Å². The lowest BCUT2D eigenvalue weighted by atomic mass is 10.0. The van der Waals surface area contributed by atoms with Crippen molar-refractivity contribution in [2.45, 2.75) is 32.5 Å². The highest BCUT2D eigenvalue weighted by atomic mass is 16.5. The molecule has 0 heterocycles. The van der Waals surface area contributed by atoms with E-state index >= 15 is 0 Å². The molecule has 1 rings (SSSR count). The predicted molar refractivity (Wildman–Crippen MR) is 67.6 cm³/mol. The molecular weight excluding hydrogens is 216 g/mol. The molecule has 3 heteroatoms. The van der Waals surface area contributed by atoms with Gasteiger partial charge in [-0.25, -0.2) is 0 Å². The van der Waals surface area contributed by atoms with Gasteiger partial charge in [0.05, 0.1) is 12.7 Å². The third kappa shape index (κ3) is 5.82. The highest BCUT2D eigenvalue weighted by molar-refractivity contribution is 5.13. The molecule has 0 aliphatic carbocycles. The van der Waals surface area contributed by atoms with Gasteiger partial charge >= 0.3 is 0 Å². The van der Waals surface area contributed by atoms with Gasteiger partial charge in [-0.2, -0.15) is 0 Å². The van der Waals surface area contributed by atoms with E-state index in [9.17, 15) is 5.11 Å². The van der Waals surface area contributed by atoms with Crippen LogP contribution in [0.4, 0.5) is 0 Å². The maximum absolute atomic E-state index is 9.62. The first-order valence-corrected chi connectivity index (χ1v) is 6.14. The van der Waals surface area contributed by atoms with Crippen LogP contribution in [0.3, 0.4) is 0 Å². The Bertz CT molecular complexity index is 287. The maximum atomic E-state index is 9.62. The first kappa shape index (κ1) is 14.2. The summed E-state index contributed by atoms with van der Waals surface area (Å²) in [7, 11) is 0. The summed E-state index contributed by atoms with van der Waals surface area (Å²) in [5.74, 6) is -0.0517. The van der Waals surface area contributed by atoms with Crippen LogP contribution in [0, 0.1) is 5.92 Å². The minimum absolute atomic E-state index is 0.0338. The SMILES string of the molecule is C[C@H](CO)[C@H](O)CCCOCc1ccccc1. The molecule has 0 amide bonds. The fourth-order valence-electron chi connectivity index (χ4n) is 1.56. The first-order valence-electron chi connectivity index (χ1n) is 6.14. The Hall–Kier alpha value is -0.900. The smallest absolute Gasteiger partial charge is 0.0716 e. The lowest BCUT2D eigenvalue weighted by Crippen LogP contribution is -2.21. The second-order valence-electron chi connectivity index (χ2n) is 4.41. The molecule has 0 radical (unpaired) electrons. The van der Waals surface area contributed by atoms with Gasteiger partial charge in [0, 0.05) is 19.1 Å². The number of hydrogen-bond acceptors (Lipinski definition) is 3. The quantitative estimate of drug-likeness (QED) is 0.681. The van der Waals surface area contributed by atoms with Crippen LogP contribution in [0.5, 0.6) is 0 Å². The van der Waals surface area contributed by atoms with E-state index < -0.39 is 6.10 Å². The predicted octanol–water partition coefficient (Wildman–Crippen LogP) is 1.97. The number of rotatable bonds is 8. The Morgan fingerprint density at radius 3 is 2.59 bits per heavy atom. The number of aliphatic hydroxyl groups is 2. The summed E-state index contributed by atoms with van der Waals surface area (Å²) in [4.78, 5) is 0. The van der Waals surface area contributed by atoms with E-state index in [4.69, 9.17) is 9.84 Å². The van der Waals surface area contributed by atoms with E-state index in [1.165, 1.54) is 0 Å². The molecule has 1 aromatic rings. The molecule has 0 aliphatic heterocycles. The fourth-order valence-corrected chi connectivity index (χ4v) is 1.56. The average molecular weight is 238 g/mol. The van der Waals surface area contributed by atoms with Crippen molar-refractivity contribution in [2.24, 2.45) is 5.92 Å². The van der Waals surface area contributed by atoms with Gasteiger partial charge in [0.15, 0.2) is 0 Å². The van der Waals surface area contributed by atoms with Gasteiger partial charge in [-0.1, -0.05) is 37.3 Å². The second kappa shape index (κ2) is 8.23. The number of hydrogen-bond donors (Lipinski definition) is 2. The van der Waals surface area contributed by atoms with Crippen LogP contribution in [0.1, 0.15) is 25.3 Å². The summed E-state index contributed by atoms with van der Waals surface area (Å²) in [5, 5.41) is 18.5. The maximum Gasteiger partial charge on any atom is 0.0716 e. The Balaban J connectivity index is 2.05. The average Bonchev–Trinajstić information content (AvgIpc) is 2.38. The molecule has 0 fully saturated rings. The molecule has 0 aromatic heterocycles. The molecule has 96 valence electrons.